The molecule has 0 aliphatic carbocycles. The molecule has 0 aromatic carbocycles. The molecule has 0 bridgehead atoms. The molecule has 3 aromatic rings. The minimum Gasteiger partial charge on any atom is -0.352 e. The van der Waals surface area contributed by atoms with Crippen LogP contribution in [-0.2, 0) is 0 Å². The maximum absolute atomic E-state index is 13.6. The van der Waals surface area contributed by atoms with Crippen molar-refractivity contribution in [1.29, 1.82) is 5.26 Å². The van der Waals surface area contributed by atoms with Crippen molar-refractivity contribution in [1.82, 2.24) is 34.8 Å². The van der Waals surface area contributed by atoms with Crippen LogP contribution in [0.25, 0.3) is 5.69 Å². The number of nitrogens with one attached hydrogen (secondary N) is 1. The highest BCUT2D eigenvalue weighted by molar-refractivity contribution is 5.96. The Bertz CT molecular complexity index is 1090. The topological polar surface area (TPSA) is 126 Å². The van der Waals surface area contributed by atoms with Crippen molar-refractivity contribution in [3.8, 4) is 11.8 Å². The van der Waals surface area contributed by atoms with E-state index in [9.17, 15) is 4.79 Å². The van der Waals surface area contributed by atoms with Gasteiger partial charge < -0.3 is 10.2 Å². The Labute approximate surface area is 180 Å². The van der Waals surface area contributed by atoms with Gasteiger partial charge in [0.2, 0.25) is 5.95 Å². The summed E-state index contributed by atoms with van der Waals surface area (Å²) < 4.78 is 0. The predicted octanol–water partition coefficient (Wildman–Crippen LogP) is 1.99. The molecule has 1 fully saturated rings. The number of rotatable bonds is 5. The summed E-state index contributed by atoms with van der Waals surface area (Å²) in [5.74, 6) is 0.578. The van der Waals surface area contributed by atoms with E-state index in [0.29, 0.717) is 41.9 Å². The second kappa shape index (κ2) is 8.87. The zero-order valence-corrected chi connectivity index (χ0v) is 17.4. The summed E-state index contributed by atoms with van der Waals surface area (Å²) in [5, 5.41) is 20.5. The Morgan fingerprint density at radius 3 is 2.71 bits per heavy atom. The maximum Gasteiger partial charge on any atom is 0.275 e. The average molecular weight is 417 g/mol. The van der Waals surface area contributed by atoms with Gasteiger partial charge in [0.1, 0.15) is 11.8 Å². The molecule has 0 radical (unpaired) electrons. The molecule has 158 valence electrons. The Balaban J connectivity index is 1.58. The molecule has 1 saturated heterocycles. The van der Waals surface area contributed by atoms with Crippen molar-refractivity contribution in [2.24, 2.45) is 5.92 Å². The lowest BCUT2D eigenvalue weighted by Gasteiger charge is -2.40. The van der Waals surface area contributed by atoms with E-state index in [1.54, 1.807) is 12.4 Å². The van der Waals surface area contributed by atoms with Crippen LogP contribution < -0.4 is 5.32 Å². The van der Waals surface area contributed by atoms with Crippen LogP contribution in [0.1, 0.15) is 41.5 Å². The van der Waals surface area contributed by atoms with Crippen molar-refractivity contribution in [3.63, 3.8) is 0 Å². The van der Waals surface area contributed by atoms with Gasteiger partial charge in [-0.15, -0.1) is 4.80 Å². The zero-order valence-electron chi connectivity index (χ0n) is 17.4. The summed E-state index contributed by atoms with van der Waals surface area (Å²) in [7, 11) is 0. The van der Waals surface area contributed by atoms with Gasteiger partial charge in [-0.25, -0.2) is 15.0 Å². The van der Waals surface area contributed by atoms with Crippen molar-refractivity contribution < 1.29 is 4.79 Å². The summed E-state index contributed by atoms with van der Waals surface area (Å²) in [5.41, 5.74) is 2.05. The highest BCUT2D eigenvalue weighted by Crippen LogP contribution is 2.26. The molecule has 1 N–H and O–H groups in total. The number of anilines is 1. The van der Waals surface area contributed by atoms with Gasteiger partial charge in [0.25, 0.3) is 5.91 Å². The molecular formula is C21H23N9O. The van der Waals surface area contributed by atoms with Crippen molar-refractivity contribution in [3.05, 3.63) is 53.9 Å². The van der Waals surface area contributed by atoms with Crippen LogP contribution in [0.2, 0.25) is 0 Å². The third-order valence-corrected chi connectivity index (χ3v) is 5.48. The predicted molar refractivity (Wildman–Crippen MR) is 112 cm³/mol. The van der Waals surface area contributed by atoms with Gasteiger partial charge in [0, 0.05) is 18.8 Å². The lowest BCUT2D eigenvalue weighted by molar-refractivity contribution is 0.0533. The van der Waals surface area contributed by atoms with E-state index in [1.807, 2.05) is 30.0 Å². The number of amides is 1. The van der Waals surface area contributed by atoms with Crippen LogP contribution >= 0.6 is 0 Å². The number of aryl methyl sites for hydroxylation is 1. The smallest absolute Gasteiger partial charge is 0.275 e. The lowest BCUT2D eigenvalue weighted by Crippen LogP contribution is -2.51. The number of pyridine rings is 1. The highest BCUT2D eigenvalue weighted by Gasteiger charge is 2.34. The number of likely N-dealkylation sites (tertiary alicyclic amines) is 1. The number of carbonyl (C=O) groups is 1. The van der Waals surface area contributed by atoms with Crippen molar-refractivity contribution in [2.75, 3.05) is 18.4 Å². The maximum atomic E-state index is 13.6. The number of carbonyl (C=O) groups excluding carboxylic acids is 1. The molecule has 1 amide bonds. The minimum atomic E-state index is -0.143. The van der Waals surface area contributed by atoms with Crippen LogP contribution in [0.3, 0.4) is 0 Å². The monoisotopic (exact) mass is 417 g/mol. The second-order valence-corrected chi connectivity index (χ2v) is 7.61. The fraction of sp³-hybridized carbons (Fsp3) is 0.381. The summed E-state index contributed by atoms with van der Waals surface area (Å²) in [4.78, 5) is 29.8. The van der Waals surface area contributed by atoms with E-state index >= 15 is 0 Å². The average Bonchev–Trinajstić information content (AvgIpc) is 3.32. The van der Waals surface area contributed by atoms with E-state index in [2.05, 4.69) is 37.4 Å². The number of piperidine rings is 1. The fourth-order valence-electron chi connectivity index (χ4n) is 3.83. The summed E-state index contributed by atoms with van der Waals surface area (Å²) >= 11 is 0. The Kier molecular flexibility index (Phi) is 5.84. The van der Waals surface area contributed by atoms with Gasteiger partial charge in [0.15, 0.2) is 5.69 Å². The van der Waals surface area contributed by atoms with Gasteiger partial charge in [-0.1, -0.05) is 6.92 Å². The van der Waals surface area contributed by atoms with Gasteiger partial charge in [-0.2, -0.15) is 15.5 Å². The molecule has 31 heavy (non-hydrogen) atoms. The first kappa shape index (κ1) is 20.4. The summed E-state index contributed by atoms with van der Waals surface area (Å²) in [6.07, 6.45) is 8.05. The molecule has 0 spiro atoms. The van der Waals surface area contributed by atoms with E-state index in [-0.39, 0.29) is 11.9 Å². The quantitative estimate of drug-likeness (QED) is 0.668. The van der Waals surface area contributed by atoms with E-state index < -0.39 is 0 Å². The Hall–Kier alpha value is -3.87. The van der Waals surface area contributed by atoms with Crippen molar-refractivity contribution in [2.45, 2.75) is 32.7 Å². The number of nitrogens with zero attached hydrogens (tertiary/aromatic N) is 8. The standard InChI is InChI=1S/C21H23N9O/c1-14-4-3-9-29(18(14)13-25-21-23-11-16(10-22)12-24-21)20(31)19-17(6-5-15(2)28-19)30-26-7-8-27-30/h5-8,11-12,14,18H,3-4,9,13H2,1-2H3,(H,23,24,25). The van der Waals surface area contributed by atoms with Gasteiger partial charge in [0.05, 0.1) is 36.4 Å². The number of aromatic nitrogens is 6. The Morgan fingerprint density at radius 2 is 2.00 bits per heavy atom. The van der Waals surface area contributed by atoms with E-state index in [0.717, 1.165) is 18.5 Å². The van der Waals surface area contributed by atoms with E-state index in [1.165, 1.54) is 17.2 Å². The second-order valence-electron chi connectivity index (χ2n) is 7.61. The molecule has 4 rings (SSSR count). The fourth-order valence-corrected chi connectivity index (χ4v) is 3.83. The van der Waals surface area contributed by atoms with Crippen LogP contribution in [0.5, 0.6) is 0 Å². The van der Waals surface area contributed by atoms with Crippen LogP contribution in [0, 0.1) is 24.2 Å². The van der Waals surface area contributed by atoms with E-state index in [4.69, 9.17) is 5.26 Å². The van der Waals surface area contributed by atoms with Gasteiger partial charge >= 0.3 is 0 Å². The SMILES string of the molecule is Cc1ccc(-n2nccn2)c(C(=O)N2CCCC(C)C2CNc2ncc(C#N)cn2)n1. The first-order valence-corrected chi connectivity index (χ1v) is 10.2. The highest BCUT2D eigenvalue weighted by atomic mass is 16.2. The molecule has 3 aromatic heterocycles. The molecule has 0 saturated carbocycles. The number of nitriles is 1. The van der Waals surface area contributed by atoms with Gasteiger partial charge in [-0.3, -0.25) is 4.79 Å². The first-order valence-electron chi connectivity index (χ1n) is 10.2. The van der Waals surface area contributed by atoms with Gasteiger partial charge in [-0.05, 0) is 37.8 Å². The molecule has 10 heteroatoms. The Morgan fingerprint density at radius 1 is 1.26 bits per heavy atom. The summed E-state index contributed by atoms with van der Waals surface area (Å²) in [6, 6.07) is 5.61. The lowest BCUT2D eigenvalue weighted by atomic mass is 9.90. The van der Waals surface area contributed by atoms with Crippen LogP contribution in [0.15, 0.2) is 36.9 Å². The first-order chi connectivity index (χ1) is 15.1. The molecule has 1 aliphatic heterocycles. The molecule has 2 atom stereocenters. The van der Waals surface area contributed by atoms with Crippen LogP contribution in [-0.4, -0.2) is 59.9 Å². The minimum absolute atomic E-state index is 0.0544. The number of hydrogen-bond acceptors (Lipinski definition) is 8. The normalized spacial score (nSPS) is 18.4. The summed E-state index contributed by atoms with van der Waals surface area (Å²) in [6.45, 7) is 5.15. The van der Waals surface area contributed by atoms with Crippen molar-refractivity contribution >= 4 is 11.9 Å². The molecule has 2 unspecified atom stereocenters. The zero-order chi connectivity index (χ0) is 21.8. The third-order valence-electron chi connectivity index (χ3n) is 5.48. The van der Waals surface area contributed by atoms with Crippen LogP contribution in [0.4, 0.5) is 5.95 Å². The number of hydrogen-bond donors (Lipinski definition) is 1. The molecule has 10 nitrogen and oxygen atoms in total. The largest absolute Gasteiger partial charge is 0.352 e. The molecule has 4 heterocycles. The third kappa shape index (κ3) is 4.35. The molecular weight excluding hydrogens is 394 g/mol. The molecule has 1 aliphatic rings.